The van der Waals surface area contributed by atoms with Crippen molar-refractivity contribution < 1.29 is 9.53 Å². The van der Waals surface area contributed by atoms with Crippen LogP contribution in [0, 0.1) is 0 Å². The van der Waals surface area contributed by atoms with E-state index in [0.717, 1.165) is 13.1 Å². The molecule has 0 aromatic carbocycles. The van der Waals surface area contributed by atoms with Gasteiger partial charge in [0.15, 0.2) is 0 Å². The third-order valence-electron chi connectivity index (χ3n) is 2.25. The van der Waals surface area contributed by atoms with Crippen molar-refractivity contribution >= 4 is 6.03 Å². The Balaban J connectivity index is 4.07. The van der Waals surface area contributed by atoms with Crippen LogP contribution in [0.4, 0.5) is 4.79 Å². The van der Waals surface area contributed by atoms with Gasteiger partial charge in [0.1, 0.15) is 0 Å². The summed E-state index contributed by atoms with van der Waals surface area (Å²) in [5.41, 5.74) is 5.77. The van der Waals surface area contributed by atoms with E-state index in [4.69, 9.17) is 10.5 Å². The predicted molar refractivity (Wildman–Crippen MR) is 60.8 cm³/mol. The first-order valence-electron chi connectivity index (χ1n) is 5.31. The average Bonchev–Trinajstić information content (AvgIpc) is 2.19. The van der Waals surface area contributed by atoms with Gasteiger partial charge in [-0.15, -0.1) is 0 Å². The summed E-state index contributed by atoms with van der Waals surface area (Å²) in [6.07, 6.45) is 0. The zero-order chi connectivity index (χ0) is 11.8. The zero-order valence-electron chi connectivity index (χ0n) is 10.2. The number of urea groups is 1. The fraction of sp³-hybridized carbons (Fsp3) is 0.900. The van der Waals surface area contributed by atoms with Crippen LogP contribution in [0.15, 0.2) is 0 Å². The molecule has 0 bridgehead atoms. The Labute approximate surface area is 92.2 Å². The second kappa shape index (κ2) is 7.48. The minimum atomic E-state index is -0.125. The smallest absolute Gasteiger partial charge is 0.319 e. The maximum atomic E-state index is 11.8. The number of likely N-dealkylation sites (N-methyl/N-ethyl adjacent to an activating group) is 1. The van der Waals surface area contributed by atoms with E-state index in [1.165, 1.54) is 0 Å². The third-order valence-corrected chi connectivity index (χ3v) is 2.25. The summed E-state index contributed by atoms with van der Waals surface area (Å²) in [5, 5.41) is 0. The third kappa shape index (κ3) is 4.99. The van der Waals surface area contributed by atoms with E-state index in [1.807, 2.05) is 13.8 Å². The highest BCUT2D eigenvalue weighted by Crippen LogP contribution is 1.97. The number of methoxy groups -OCH3 is 1. The standard InChI is InChI=1S/C10H23N3O2/c1-5-13(6-2)10(14)12(3)7-9(11)8-15-4/h9H,5-8,11H2,1-4H3. The summed E-state index contributed by atoms with van der Waals surface area (Å²) < 4.78 is 4.92. The molecule has 0 rings (SSSR count). The van der Waals surface area contributed by atoms with Gasteiger partial charge in [0, 0.05) is 39.8 Å². The number of hydrogen-bond acceptors (Lipinski definition) is 3. The molecular formula is C10H23N3O2. The highest BCUT2D eigenvalue weighted by molar-refractivity contribution is 5.74. The number of nitrogens with zero attached hydrogens (tertiary/aromatic N) is 2. The quantitative estimate of drug-likeness (QED) is 0.698. The zero-order valence-corrected chi connectivity index (χ0v) is 10.2. The molecule has 0 aliphatic carbocycles. The van der Waals surface area contributed by atoms with Crippen LogP contribution in [-0.2, 0) is 4.74 Å². The van der Waals surface area contributed by atoms with Gasteiger partial charge in [-0.2, -0.15) is 0 Å². The largest absolute Gasteiger partial charge is 0.383 e. The molecule has 15 heavy (non-hydrogen) atoms. The molecule has 2 N–H and O–H groups in total. The van der Waals surface area contributed by atoms with Crippen LogP contribution >= 0.6 is 0 Å². The van der Waals surface area contributed by atoms with E-state index in [2.05, 4.69) is 0 Å². The molecule has 0 saturated carbocycles. The average molecular weight is 217 g/mol. The minimum absolute atomic E-state index is 0.0200. The Kier molecular flexibility index (Phi) is 7.07. The number of nitrogens with two attached hydrogens (primary N) is 1. The van der Waals surface area contributed by atoms with Crippen molar-refractivity contribution in [3.63, 3.8) is 0 Å². The molecule has 1 unspecified atom stereocenters. The molecule has 0 aliphatic heterocycles. The fourth-order valence-corrected chi connectivity index (χ4v) is 1.43. The molecule has 5 nitrogen and oxygen atoms in total. The number of rotatable bonds is 6. The van der Waals surface area contributed by atoms with Gasteiger partial charge in [-0.1, -0.05) is 0 Å². The van der Waals surface area contributed by atoms with Crippen molar-refractivity contribution in [2.45, 2.75) is 19.9 Å². The summed E-state index contributed by atoms with van der Waals surface area (Å²) in [7, 11) is 3.36. The molecule has 0 heterocycles. The Morgan fingerprint density at radius 3 is 2.33 bits per heavy atom. The maximum Gasteiger partial charge on any atom is 0.319 e. The van der Waals surface area contributed by atoms with Gasteiger partial charge in [-0.25, -0.2) is 4.79 Å². The van der Waals surface area contributed by atoms with Crippen molar-refractivity contribution in [1.82, 2.24) is 9.80 Å². The first kappa shape index (κ1) is 14.2. The van der Waals surface area contributed by atoms with E-state index in [1.54, 1.807) is 24.0 Å². The SMILES string of the molecule is CCN(CC)C(=O)N(C)CC(N)COC. The van der Waals surface area contributed by atoms with E-state index >= 15 is 0 Å². The van der Waals surface area contributed by atoms with Crippen molar-refractivity contribution in [3.05, 3.63) is 0 Å². The predicted octanol–water partition coefficient (Wildman–Crippen LogP) is 0.354. The fourth-order valence-electron chi connectivity index (χ4n) is 1.43. The van der Waals surface area contributed by atoms with Crippen LogP contribution in [0.1, 0.15) is 13.8 Å². The molecule has 1 atom stereocenters. The first-order chi connectivity index (χ1) is 7.06. The molecule has 0 spiro atoms. The van der Waals surface area contributed by atoms with E-state index in [-0.39, 0.29) is 12.1 Å². The Hall–Kier alpha value is -0.810. The van der Waals surface area contributed by atoms with Crippen LogP contribution in [0.5, 0.6) is 0 Å². The normalized spacial score (nSPS) is 12.3. The first-order valence-corrected chi connectivity index (χ1v) is 5.31. The van der Waals surface area contributed by atoms with Gasteiger partial charge in [-0.3, -0.25) is 0 Å². The maximum absolute atomic E-state index is 11.8. The Bertz CT molecular complexity index is 184. The number of hydrogen-bond donors (Lipinski definition) is 1. The molecule has 0 saturated heterocycles. The van der Waals surface area contributed by atoms with Crippen LogP contribution < -0.4 is 5.73 Å². The van der Waals surface area contributed by atoms with E-state index in [9.17, 15) is 4.79 Å². The summed E-state index contributed by atoms with van der Waals surface area (Å²) >= 11 is 0. The second-order valence-electron chi connectivity index (χ2n) is 3.55. The van der Waals surface area contributed by atoms with Crippen LogP contribution in [0.2, 0.25) is 0 Å². The lowest BCUT2D eigenvalue weighted by Crippen LogP contribution is -2.46. The molecule has 0 aromatic heterocycles. The molecular weight excluding hydrogens is 194 g/mol. The van der Waals surface area contributed by atoms with Gasteiger partial charge in [0.2, 0.25) is 0 Å². The topological polar surface area (TPSA) is 58.8 Å². The lowest BCUT2D eigenvalue weighted by Gasteiger charge is -2.27. The number of amides is 2. The lowest BCUT2D eigenvalue weighted by atomic mass is 10.3. The van der Waals surface area contributed by atoms with Crippen molar-refractivity contribution in [2.24, 2.45) is 5.73 Å². The number of ether oxygens (including phenoxy) is 1. The summed E-state index contributed by atoms with van der Waals surface area (Å²) in [6.45, 7) is 6.35. The van der Waals surface area contributed by atoms with Gasteiger partial charge in [0.05, 0.1) is 6.61 Å². The van der Waals surface area contributed by atoms with E-state index < -0.39 is 0 Å². The summed E-state index contributed by atoms with van der Waals surface area (Å²) in [6, 6.07) is -0.105. The van der Waals surface area contributed by atoms with E-state index in [0.29, 0.717) is 13.2 Å². The van der Waals surface area contributed by atoms with Crippen LogP contribution in [0.25, 0.3) is 0 Å². The molecule has 5 heteroatoms. The molecule has 0 fully saturated rings. The molecule has 0 aromatic rings. The summed E-state index contributed by atoms with van der Waals surface area (Å²) in [4.78, 5) is 15.2. The Morgan fingerprint density at radius 1 is 1.40 bits per heavy atom. The van der Waals surface area contributed by atoms with Gasteiger partial charge in [-0.05, 0) is 13.8 Å². The molecule has 0 aliphatic rings. The number of carbonyl (C=O) groups is 1. The second-order valence-corrected chi connectivity index (χ2v) is 3.55. The highest BCUT2D eigenvalue weighted by atomic mass is 16.5. The van der Waals surface area contributed by atoms with Gasteiger partial charge < -0.3 is 20.3 Å². The summed E-state index contributed by atoms with van der Waals surface area (Å²) in [5.74, 6) is 0. The minimum Gasteiger partial charge on any atom is -0.383 e. The van der Waals surface area contributed by atoms with Crippen molar-refractivity contribution in [3.8, 4) is 0 Å². The Morgan fingerprint density at radius 2 is 1.93 bits per heavy atom. The van der Waals surface area contributed by atoms with Crippen LogP contribution in [0.3, 0.4) is 0 Å². The van der Waals surface area contributed by atoms with Crippen molar-refractivity contribution in [2.75, 3.05) is 40.4 Å². The highest BCUT2D eigenvalue weighted by Gasteiger charge is 2.16. The monoisotopic (exact) mass is 217 g/mol. The van der Waals surface area contributed by atoms with Gasteiger partial charge in [0.25, 0.3) is 0 Å². The number of carbonyl (C=O) groups excluding carboxylic acids is 1. The van der Waals surface area contributed by atoms with Gasteiger partial charge >= 0.3 is 6.03 Å². The van der Waals surface area contributed by atoms with Crippen LogP contribution in [-0.4, -0.2) is 62.3 Å². The lowest BCUT2D eigenvalue weighted by molar-refractivity contribution is 0.144. The molecule has 0 radical (unpaired) electrons. The molecule has 90 valence electrons. The van der Waals surface area contributed by atoms with Crippen molar-refractivity contribution in [1.29, 1.82) is 0 Å². The molecule has 2 amide bonds.